The lowest BCUT2D eigenvalue weighted by molar-refractivity contribution is 0.210. The fourth-order valence-corrected chi connectivity index (χ4v) is 2.71. The summed E-state index contributed by atoms with van der Waals surface area (Å²) < 4.78 is 0. The topological polar surface area (TPSA) is 27.0 Å². The number of nitriles is 1. The lowest BCUT2D eigenvalue weighted by Gasteiger charge is -2.27. The summed E-state index contributed by atoms with van der Waals surface area (Å²) in [7, 11) is 2.26. The van der Waals surface area contributed by atoms with Crippen molar-refractivity contribution in [3.8, 4) is 6.07 Å². The Balaban J connectivity index is 2.24. The minimum atomic E-state index is -0.149. The van der Waals surface area contributed by atoms with Crippen molar-refractivity contribution in [2.24, 2.45) is 5.41 Å². The monoisotopic (exact) mass is 236 g/mol. The SMILES string of the molecule is CN(CCCC(C)(C)C#N)C1CCCCCC1. The van der Waals surface area contributed by atoms with Crippen LogP contribution in [0.3, 0.4) is 0 Å². The molecule has 0 bridgehead atoms. The van der Waals surface area contributed by atoms with Crippen LogP contribution in [0.5, 0.6) is 0 Å². The Morgan fingerprint density at radius 2 is 1.76 bits per heavy atom. The molecular weight excluding hydrogens is 208 g/mol. The number of nitrogens with zero attached hydrogens (tertiary/aromatic N) is 2. The molecule has 0 aromatic heterocycles. The highest BCUT2D eigenvalue weighted by Gasteiger charge is 2.19. The molecule has 0 N–H and O–H groups in total. The second-order valence-corrected chi connectivity index (χ2v) is 6.23. The summed E-state index contributed by atoms with van der Waals surface area (Å²) in [6.45, 7) is 5.23. The molecule has 98 valence electrons. The van der Waals surface area contributed by atoms with Crippen LogP contribution in [0, 0.1) is 16.7 Å². The molecule has 0 aliphatic heterocycles. The molecular formula is C15H28N2. The molecule has 0 atom stereocenters. The Labute approximate surface area is 107 Å². The maximum atomic E-state index is 8.98. The van der Waals surface area contributed by atoms with Gasteiger partial charge in [0.25, 0.3) is 0 Å². The highest BCUT2D eigenvalue weighted by molar-refractivity contribution is 4.91. The molecule has 0 radical (unpaired) electrons. The van der Waals surface area contributed by atoms with E-state index in [1.807, 2.05) is 13.8 Å². The first-order valence-electron chi connectivity index (χ1n) is 7.17. The lowest BCUT2D eigenvalue weighted by Crippen LogP contribution is -2.32. The number of rotatable bonds is 5. The summed E-state index contributed by atoms with van der Waals surface area (Å²) in [5.41, 5.74) is -0.149. The smallest absolute Gasteiger partial charge is 0.0683 e. The van der Waals surface area contributed by atoms with E-state index in [2.05, 4.69) is 18.0 Å². The van der Waals surface area contributed by atoms with Crippen LogP contribution >= 0.6 is 0 Å². The van der Waals surface area contributed by atoms with E-state index in [1.165, 1.54) is 38.5 Å². The average molecular weight is 236 g/mol. The average Bonchev–Trinajstić information content (AvgIpc) is 2.57. The normalized spacial score (nSPS) is 19.0. The standard InChI is InChI=1S/C15H28N2/c1-15(2,13-16)11-8-12-17(3)14-9-6-4-5-7-10-14/h14H,4-12H2,1-3H3. The zero-order valence-corrected chi connectivity index (χ0v) is 11.8. The van der Waals surface area contributed by atoms with Gasteiger partial charge in [0, 0.05) is 6.04 Å². The Kier molecular flexibility index (Phi) is 5.98. The van der Waals surface area contributed by atoms with E-state index in [1.54, 1.807) is 0 Å². The molecule has 17 heavy (non-hydrogen) atoms. The van der Waals surface area contributed by atoms with Crippen molar-refractivity contribution in [1.29, 1.82) is 5.26 Å². The largest absolute Gasteiger partial charge is 0.303 e. The summed E-state index contributed by atoms with van der Waals surface area (Å²) in [6.07, 6.45) is 10.6. The quantitative estimate of drug-likeness (QED) is 0.675. The second-order valence-electron chi connectivity index (χ2n) is 6.23. The maximum Gasteiger partial charge on any atom is 0.0683 e. The van der Waals surface area contributed by atoms with Crippen molar-refractivity contribution in [2.75, 3.05) is 13.6 Å². The zero-order valence-electron chi connectivity index (χ0n) is 11.8. The van der Waals surface area contributed by atoms with Crippen LogP contribution in [0.15, 0.2) is 0 Å². The second kappa shape index (κ2) is 7.01. The van der Waals surface area contributed by atoms with E-state index in [-0.39, 0.29) is 5.41 Å². The molecule has 1 aliphatic carbocycles. The Morgan fingerprint density at radius 3 is 2.29 bits per heavy atom. The van der Waals surface area contributed by atoms with Crippen LogP contribution < -0.4 is 0 Å². The highest BCUT2D eigenvalue weighted by atomic mass is 15.1. The Hall–Kier alpha value is -0.550. The molecule has 0 saturated heterocycles. The molecule has 0 spiro atoms. The van der Waals surface area contributed by atoms with E-state index in [0.717, 1.165) is 25.4 Å². The van der Waals surface area contributed by atoms with Crippen molar-refractivity contribution in [2.45, 2.75) is 71.3 Å². The van der Waals surface area contributed by atoms with Crippen molar-refractivity contribution >= 4 is 0 Å². The van der Waals surface area contributed by atoms with Gasteiger partial charge in [-0.05, 0) is 53.1 Å². The maximum absolute atomic E-state index is 8.98. The van der Waals surface area contributed by atoms with Gasteiger partial charge in [0.15, 0.2) is 0 Å². The third-order valence-electron chi connectivity index (χ3n) is 4.06. The minimum Gasteiger partial charge on any atom is -0.303 e. The van der Waals surface area contributed by atoms with Crippen LogP contribution in [0.2, 0.25) is 0 Å². The van der Waals surface area contributed by atoms with E-state index in [4.69, 9.17) is 5.26 Å². The van der Waals surface area contributed by atoms with Crippen molar-refractivity contribution in [1.82, 2.24) is 4.90 Å². The van der Waals surface area contributed by atoms with Gasteiger partial charge in [-0.2, -0.15) is 5.26 Å². The van der Waals surface area contributed by atoms with Gasteiger partial charge in [-0.3, -0.25) is 0 Å². The first-order chi connectivity index (χ1) is 8.05. The summed E-state index contributed by atoms with van der Waals surface area (Å²) in [4.78, 5) is 2.53. The van der Waals surface area contributed by atoms with Gasteiger partial charge in [0.2, 0.25) is 0 Å². The van der Waals surface area contributed by atoms with Gasteiger partial charge in [-0.25, -0.2) is 0 Å². The molecule has 1 aliphatic rings. The van der Waals surface area contributed by atoms with Gasteiger partial charge >= 0.3 is 0 Å². The fraction of sp³-hybridized carbons (Fsp3) is 0.933. The molecule has 0 amide bonds. The van der Waals surface area contributed by atoms with Crippen molar-refractivity contribution < 1.29 is 0 Å². The minimum absolute atomic E-state index is 0.149. The summed E-state index contributed by atoms with van der Waals surface area (Å²) in [5.74, 6) is 0. The van der Waals surface area contributed by atoms with Crippen molar-refractivity contribution in [3.63, 3.8) is 0 Å². The number of hydrogen-bond acceptors (Lipinski definition) is 2. The molecule has 1 saturated carbocycles. The molecule has 0 heterocycles. The van der Waals surface area contributed by atoms with E-state index in [0.29, 0.717) is 0 Å². The molecule has 0 unspecified atom stereocenters. The van der Waals surface area contributed by atoms with Crippen LogP contribution in [0.4, 0.5) is 0 Å². The van der Waals surface area contributed by atoms with E-state index >= 15 is 0 Å². The summed E-state index contributed by atoms with van der Waals surface area (Å²) >= 11 is 0. The van der Waals surface area contributed by atoms with E-state index in [9.17, 15) is 0 Å². The van der Waals surface area contributed by atoms with Crippen LogP contribution in [0.25, 0.3) is 0 Å². The predicted molar refractivity (Wildman–Crippen MR) is 72.7 cm³/mol. The van der Waals surface area contributed by atoms with E-state index < -0.39 is 0 Å². The van der Waals surface area contributed by atoms with Crippen LogP contribution in [0.1, 0.15) is 65.2 Å². The van der Waals surface area contributed by atoms with Gasteiger partial charge < -0.3 is 4.90 Å². The zero-order chi connectivity index (χ0) is 12.7. The fourth-order valence-electron chi connectivity index (χ4n) is 2.71. The van der Waals surface area contributed by atoms with Gasteiger partial charge in [0.1, 0.15) is 0 Å². The van der Waals surface area contributed by atoms with Gasteiger partial charge in [-0.1, -0.05) is 25.7 Å². The molecule has 2 heteroatoms. The molecule has 1 fully saturated rings. The first-order valence-corrected chi connectivity index (χ1v) is 7.17. The Morgan fingerprint density at radius 1 is 1.18 bits per heavy atom. The van der Waals surface area contributed by atoms with Gasteiger partial charge in [-0.15, -0.1) is 0 Å². The Bertz CT molecular complexity index is 244. The first kappa shape index (κ1) is 14.5. The van der Waals surface area contributed by atoms with Gasteiger partial charge in [0.05, 0.1) is 11.5 Å². The molecule has 0 aromatic rings. The summed E-state index contributed by atoms with van der Waals surface area (Å²) in [5, 5.41) is 8.98. The highest BCUT2D eigenvalue weighted by Crippen LogP contribution is 2.23. The predicted octanol–water partition coefficient (Wildman–Crippen LogP) is 3.97. The van der Waals surface area contributed by atoms with Crippen LogP contribution in [-0.2, 0) is 0 Å². The molecule has 0 aromatic carbocycles. The lowest BCUT2D eigenvalue weighted by atomic mass is 9.89. The third-order valence-corrected chi connectivity index (χ3v) is 4.06. The third kappa shape index (κ3) is 5.55. The molecule has 1 rings (SSSR count). The number of hydrogen-bond donors (Lipinski definition) is 0. The van der Waals surface area contributed by atoms with Crippen molar-refractivity contribution in [3.05, 3.63) is 0 Å². The molecule has 2 nitrogen and oxygen atoms in total. The summed E-state index contributed by atoms with van der Waals surface area (Å²) in [6, 6.07) is 3.18. The van der Waals surface area contributed by atoms with Crippen LogP contribution in [-0.4, -0.2) is 24.5 Å².